The standard InChI is InChI=1S/C12H14N4O2/c1-8(2)11-15-16-12(18-11)10(17)14-7-9-3-5-13-6-4-9/h3-6,8H,7H2,1-2H3,(H,14,17). The lowest BCUT2D eigenvalue weighted by Gasteiger charge is -2.01. The molecule has 2 rings (SSSR count). The van der Waals surface area contributed by atoms with Gasteiger partial charge in [-0.15, -0.1) is 10.2 Å². The van der Waals surface area contributed by atoms with E-state index in [4.69, 9.17) is 4.42 Å². The van der Waals surface area contributed by atoms with Gasteiger partial charge in [0, 0.05) is 24.9 Å². The number of hydrogen-bond donors (Lipinski definition) is 1. The SMILES string of the molecule is CC(C)c1nnc(C(=O)NCc2ccncc2)o1. The van der Waals surface area contributed by atoms with Crippen LogP contribution in [0.5, 0.6) is 0 Å². The summed E-state index contributed by atoms with van der Waals surface area (Å²) in [6.45, 7) is 4.25. The quantitative estimate of drug-likeness (QED) is 0.884. The van der Waals surface area contributed by atoms with E-state index in [1.807, 2.05) is 26.0 Å². The molecule has 6 heteroatoms. The van der Waals surface area contributed by atoms with Crippen molar-refractivity contribution in [2.45, 2.75) is 26.3 Å². The van der Waals surface area contributed by atoms with E-state index in [0.717, 1.165) is 5.56 Å². The van der Waals surface area contributed by atoms with Crippen LogP contribution >= 0.6 is 0 Å². The van der Waals surface area contributed by atoms with Crippen LogP contribution in [0.15, 0.2) is 28.9 Å². The minimum Gasteiger partial charge on any atom is -0.417 e. The molecule has 0 fully saturated rings. The lowest BCUT2D eigenvalue weighted by atomic mass is 10.2. The molecule has 0 unspecified atom stereocenters. The summed E-state index contributed by atoms with van der Waals surface area (Å²) < 4.78 is 5.25. The van der Waals surface area contributed by atoms with E-state index in [9.17, 15) is 4.79 Å². The van der Waals surface area contributed by atoms with Gasteiger partial charge in [0.2, 0.25) is 5.89 Å². The third kappa shape index (κ3) is 2.91. The van der Waals surface area contributed by atoms with Crippen LogP contribution in [0.4, 0.5) is 0 Å². The third-order valence-corrected chi connectivity index (χ3v) is 2.33. The Balaban J connectivity index is 1.95. The van der Waals surface area contributed by atoms with Crippen molar-refractivity contribution >= 4 is 5.91 Å². The first kappa shape index (κ1) is 12.2. The Hall–Kier alpha value is -2.24. The highest BCUT2D eigenvalue weighted by molar-refractivity contribution is 5.89. The van der Waals surface area contributed by atoms with Gasteiger partial charge in [0.1, 0.15) is 0 Å². The van der Waals surface area contributed by atoms with E-state index in [0.29, 0.717) is 12.4 Å². The fraction of sp³-hybridized carbons (Fsp3) is 0.333. The van der Waals surface area contributed by atoms with Crippen molar-refractivity contribution in [2.75, 3.05) is 0 Å². The minimum absolute atomic E-state index is 0.00671. The fourth-order valence-electron chi connectivity index (χ4n) is 1.32. The summed E-state index contributed by atoms with van der Waals surface area (Å²) in [6.07, 6.45) is 3.34. The molecule has 0 radical (unpaired) electrons. The second kappa shape index (κ2) is 5.39. The van der Waals surface area contributed by atoms with Crippen LogP contribution in [0.2, 0.25) is 0 Å². The zero-order valence-corrected chi connectivity index (χ0v) is 10.3. The minimum atomic E-state index is -0.369. The predicted molar refractivity (Wildman–Crippen MR) is 63.8 cm³/mol. The molecular formula is C12H14N4O2. The molecule has 0 aromatic carbocycles. The molecule has 0 aliphatic heterocycles. The van der Waals surface area contributed by atoms with Gasteiger partial charge in [-0.25, -0.2) is 0 Å². The number of amides is 1. The Morgan fingerprint density at radius 2 is 2.06 bits per heavy atom. The lowest BCUT2D eigenvalue weighted by Crippen LogP contribution is -2.23. The van der Waals surface area contributed by atoms with Crippen molar-refractivity contribution in [3.8, 4) is 0 Å². The van der Waals surface area contributed by atoms with Crippen LogP contribution in [0, 0.1) is 0 Å². The second-order valence-electron chi connectivity index (χ2n) is 4.14. The first-order valence-corrected chi connectivity index (χ1v) is 5.67. The van der Waals surface area contributed by atoms with Crippen LogP contribution in [-0.2, 0) is 6.54 Å². The maximum absolute atomic E-state index is 11.7. The molecule has 0 saturated carbocycles. The molecule has 0 aliphatic rings. The molecular weight excluding hydrogens is 232 g/mol. The van der Waals surface area contributed by atoms with Crippen LogP contribution in [0.3, 0.4) is 0 Å². The van der Waals surface area contributed by atoms with Gasteiger partial charge in [0.25, 0.3) is 0 Å². The highest BCUT2D eigenvalue weighted by Gasteiger charge is 2.15. The molecule has 0 atom stereocenters. The van der Waals surface area contributed by atoms with E-state index < -0.39 is 0 Å². The maximum Gasteiger partial charge on any atom is 0.309 e. The number of nitrogens with one attached hydrogen (secondary N) is 1. The smallest absolute Gasteiger partial charge is 0.309 e. The average molecular weight is 246 g/mol. The van der Waals surface area contributed by atoms with Gasteiger partial charge in [-0.05, 0) is 17.7 Å². The van der Waals surface area contributed by atoms with E-state index in [1.165, 1.54) is 0 Å². The molecule has 0 spiro atoms. The normalized spacial score (nSPS) is 10.6. The van der Waals surface area contributed by atoms with E-state index in [2.05, 4.69) is 20.5 Å². The predicted octanol–water partition coefficient (Wildman–Crippen LogP) is 1.52. The van der Waals surface area contributed by atoms with E-state index in [-0.39, 0.29) is 17.7 Å². The zero-order valence-electron chi connectivity index (χ0n) is 10.3. The summed E-state index contributed by atoms with van der Waals surface area (Å²) in [5.41, 5.74) is 0.960. The Morgan fingerprint density at radius 3 is 2.67 bits per heavy atom. The summed E-state index contributed by atoms with van der Waals surface area (Å²) in [4.78, 5) is 15.6. The molecule has 1 N–H and O–H groups in total. The number of carbonyl (C=O) groups is 1. The van der Waals surface area contributed by atoms with Gasteiger partial charge in [-0.3, -0.25) is 9.78 Å². The van der Waals surface area contributed by atoms with Gasteiger partial charge in [0.05, 0.1) is 0 Å². The first-order chi connectivity index (χ1) is 8.66. The molecule has 0 saturated heterocycles. The average Bonchev–Trinajstić information content (AvgIpc) is 2.87. The zero-order chi connectivity index (χ0) is 13.0. The van der Waals surface area contributed by atoms with Crippen LogP contribution in [-0.4, -0.2) is 21.1 Å². The molecule has 2 heterocycles. The molecule has 94 valence electrons. The maximum atomic E-state index is 11.7. The van der Waals surface area contributed by atoms with Gasteiger partial charge in [-0.2, -0.15) is 0 Å². The lowest BCUT2D eigenvalue weighted by molar-refractivity contribution is 0.0914. The number of nitrogens with zero attached hydrogens (tertiary/aromatic N) is 3. The molecule has 2 aromatic rings. The number of hydrogen-bond acceptors (Lipinski definition) is 5. The first-order valence-electron chi connectivity index (χ1n) is 5.67. The Labute approximate surface area is 104 Å². The summed E-state index contributed by atoms with van der Waals surface area (Å²) >= 11 is 0. The number of pyridine rings is 1. The van der Waals surface area contributed by atoms with Crippen molar-refractivity contribution in [1.29, 1.82) is 0 Å². The molecule has 18 heavy (non-hydrogen) atoms. The molecule has 2 aromatic heterocycles. The van der Waals surface area contributed by atoms with Crippen LogP contribution in [0.1, 0.15) is 41.9 Å². The molecule has 6 nitrogen and oxygen atoms in total. The Kier molecular flexibility index (Phi) is 3.66. The van der Waals surface area contributed by atoms with Crippen LogP contribution in [0.25, 0.3) is 0 Å². The number of aromatic nitrogens is 3. The van der Waals surface area contributed by atoms with E-state index in [1.54, 1.807) is 12.4 Å². The Morgan fingerprint density at radius 1 is 1.33 bits per heavy atom. The summed E-state index contributed by atoms with van der Waals surface area (Å²) in [7, 11) is 0. The van der Waals surface area contributed by atoms with Crippen molar-refractivity contribution in [1.82, 2.24) is 20.5 Å². The summed E-state index contributed by atoms with van der Waals surface area (Å²) in [6, 6.07) is 3.65. The molecule has 0 aliphatic carbocycles. The van der Waals surface area contributed by atoms with Crippen molar-refractivity contribution in [3.63, 3.8) is 0 Å². The highest BCUT2D eigenvalue weighted by atomic mass is 16.4. The van der Waals surface area contributed by atoms with Crippen LogP contribution < -0.4 is 5.32 Å². The summed E-state index contributed by atoms with van der Waals surface area (Å²) in [5.74, 6) is 0.197. The van der Waals surface area contributed by atoms with Crippen molar-refractivity contribution < 1.29 is 9.21 Å². The fourth-order valence-corrected chi connectivity index (χ4v) is 1.32. The van der Waals surface area contributed by atoms with Gasteiger partial charge in [0.15, 0.2) is 0 Å². The van der Waals surface area contributed by atoms with E-state index >= 15 is 0 Å². The number of carbonyl (C=O) groups excluding carboxylic acids is 1. The second-order valence-corrected chi connectivity index (χ2v) is 4.14. The molecule has 0 bridgehead atoms. The topological polar surface area (TPSA) is 80.9 Å². The van der Waals surface area contributed by atoms with Gasteiger partial charge in [-0.1, -0.05) is 13.8 Å². The van der Waals surface area contributed by atoms with Gasteiger partial charge < -0.3 is 9.73 Å². The highest BCUT2D eigenvalue weighted by Crippen LogP contribution is 2.11. The molecule has 1 amide bonds. The largest absolute Gasteiger partial charge is 0.417 e. The van der Waals surface area contributed by atoms with Crippen molar-refractivity contribution in [2.24, 2.45) is 0 Å². The summed E-state index contributed by atoms with van der Waals surface area (Å²) in [5, 5.41) is 10.2. The third-order valence-electron chi connectivity index (χ3n) is 2.33. The Bertz CT molecular complexity index is 522. The van der Waals surface area contributed by atoms with Gasteiger partial charge >= 0.3 is 11.8 Å². The van der Waals surface area contributed by atoms with Crippen molar-refractivity contribution in [3.05, 3.63) is 41.9 Å². The number of rotatable bonds is 4. The monoisotopic (exact) mass is 246 g/mol.